The lowest BCUT2D eigenvalue weighted by Gasteiger charge is -2.33. The Hall–Kier alpha value is -2.93. The summed E-state index contributed by atoms with van der Waals surface area (Å²) in [5, 5.41) is 9.70. The number of carbonyl (C=O) groups is 1. The molecular weight excluding hydrogens is 302 g/mol. The van der Waals surface area contributed by atoms with Crippen molar-refractivity contribution in [2.45, 2.75) is 26.4 Å². The lowest BCUT2D eigenvalue weighted by atomic mass is 9.99. The Morgan fingerprint density at radius 1 is 1.25 bits per heavy atom. The summed E-state index contributed by atoms with van der Waals surface area (Å²) in [6.07, 6.45) is 5.21. The number of aromatic hydroxyl groups is 1. The molecule has 1 heterocycles. The maximum atomic E-state index is 12.8. The highest BCUT2D eigenvalue weighted by atomic mass is 16.5. The molecule has 2 aromatic rings. The van der Waals surface area contributed by atoms with Crippen LogP contribution in [0.4, 0.5) is 5.69 Å². The van der Waals surface area contributed by atoms with Crippen LogP contribution in [0.5, 0.6) is 11.5 Å². The van der Waals surface area contributed by atoms with E-state index in [1.165, 1.54) is 22.6 Å². The molecule has 24 heavy (non-hydrogen) atoms. The molecule has 1 amide bonds. The van der Waals surface area contributed by atoms with Crippen molar-refractivity contribution in [2.75, 3.05) is 11.4 Å². The Morgan fingerprint density at radius 3 is 2.75 bits per heavy atom. The summed E-state index contributed by atoms with van der Waals surface area (Å²) in [7, 11) is 0. The zero-order valence-electron chi connectivity index (χ0n) is 13.7. The van der Waals surface area contributed by atoms with Crippen LogP contribution < -0.4 is 9.64 Å². The highest BCUT2D eigenvalue weighted by Gasteiger charge is 2.34. The van der Waals surface area contributed by atoms with E-state index in [9.17, 15) is 9.90 Å². The Morgan fingerprint density at radius 2 is 2.04 bits per heavy atom. The van der Waals surface area contributed by atoms with E-state index in [-0.39, 0.29) is 18.2 Å². The molecule has 0 fully saturated rings. The summed E-state index contributed by atoms with van der Waals surface area (Å²) in [4.78, 5) is 14.3. The monoisotopic (exact) mass is 321 g/mol. The molecule has 0 spiro atoms. The van der Waals surface area contributed by atoms with Crippen LogP contribution in [-0.4, -0.2) is 23.7 Å². The highest BCUT2D eigenvalue weighted by Crippen LogP contribution is 2.37. The number of hydrogen-bond donors (Lipinski definition) is 1. The van der Waals surface area contributed by atoms with E-state index in [0.29, 0.717) is 17.9 Å². The molecule has 1 unspecified atom stereocenters. The zero-order chi connectivity index (χ0) is 17.3. The Labute approximate surface area is 141 Å². The number of terminal acetylenes is 1. The molecule has 4 heteroatoms. The lowest BCUT2D eigenvalue weighted by molar-refractivity contribution is -0.126. The van der Waals surface area contributed by atoms with Crippen LogP contribution in [0.25, 0.3) is 0 Å². The van der Waals surface area contributed by atoms with Gasteiger partial charge in [-0.25, -0.2) is 0 Å². The van der Waals surface area contributed by atoms with E-state index in [2.05, 4.69) is 12.0 Å². The summed E-state index contributed by atoms with van der Waals surface area (Å²) in [6, 6.07) is 10.8. The number of carbonyl (C=O) groups excluding carboxylic acids is 1. The van der Waals surface area contributed by atoms with Crippen LogP contribution in [0, 0.1) is 26.2 Å². The second kappa shape index (κ2) is 6.29. The van der Waals surface area contributed by atoms with Crippen molar-refractivity contribution in [3.8, 4) is 23.8 Å². The molecule has 0 radical (unpaired) electrons. The quantitative estimate of drug-likeness (QED) is 0.884. The fourth-order valence-corrected chi connectivity index (χ4v) is 2.97. The predicted octanol–water partition coefficient (Wildman–Crippen LogP) is 2.98. The number of fused-ring (bicyclic) bond motifs is 1. The smallest absolute Gasteiger partial charge is 0.269 e. The van der Waals surface area contributed by atoms with Crippen LogP contribution >= 0.6 is 0 Å². The number of phenolic OH excluding ortho intramolecular Hbond substituents is 1. The van der Waals surface area contributed by atoms with Gasteiger partial charge in [0.1, 0.15) is 11.5 Å². The number of aryl methyl sites for hydroxylation is 2. The van der Waals surface area contributed by atoms with Crippen LogP contribution in [-0.2, 0) is 11.2 Å². The van der Waals surface area contributed by atoms with Crippen molar-refractivity contribution in [1.82, 2.24) is 0 Å². The van der Waals surface area contributed by atoms with E-state index in [4.69, 9.17) is 11.2 Å². The molecule has 4 nitrogen and oxygen atoms in total. The number of rotatable bonds is 3. The van der Waals surface area contributed by atoms with E-state index in [1.807, 2.05) is 26.0 Å². The van der Waals surface area contributed by atoms with Gasteiger partial charge >= 0.3 is 0 Å². The maximum absolute atomic E-state index is 12.8. The number of amides is 1. The van der Waals surface area contributed by atoms with Gasteiger partial charge in [0, 0.05) is 12.5 Å². The molecule has 122 valence electrons. The SMILES string of the molecule is C#CCN1C(=O)C(Cc2ccc(C)cc2C)Oc2cc(O)ccc21. The second-order valence-corrected chi connectivity index (χ2v) is 6.02. The van der Waals surface area contributed by atoms with E-state index < -0.39 is 6.10 Å². The number of anilines is 1. The van der Waals surface area contributed by atoms with E-state index >= 15 is 0 Å². The molecule has 0 bridgehead atoms. The van der Waals surface area contributed by atoms with Gasteiger partial charge in [-0.15, -0.1) is 6.42 Å². The first-order chi connectivity index (χ1) is 11.5. The molecule has 1 aliphatic heterocycles. The van der Waals surface area contributed by atoms with Crippen molar-refractivity contribution in [3.05, 3.63) is 53.1 Å². The van der Waals surface area contributed by atoms with Crippen molar-refractivity contribution >= 4 is 11.6 Å². The summed E-state index contributed by atoms with van der Waals surface area (Å²) < 4.78 is 5.87. The fraction of sp³-hybridized carbons (Fsp3) is 0.250. The Balaban J connectivity index is 1.95. The predicted molar refractivity (Wildman–Crippen MR) is 93.3 cm³/mol. The minimum atomic E-state index is -0.658. The van der Waals surface area contributed by atoms with E-state index in [0.717, 1.165) is 11.1 Å². The third kappa shape index (κ3) is 2.93. The lowest BCUT2D eigenvalue weighted by Crippen LogP contribution is -2.47. The number of nitrogens with zero attached hydrogens (tertiary/aromatic N) is 1. The Kier molecular flexibility index (Phi) is 4.18. The second-order valence-electron chi connectivity index (χ2n) is 6.02. The largest absolute Gasteiger partial charge is 0.508 e. The first-order valence-electron chi connectivity index (χ1n) is 7.80. The molecular formula is C20H19NO3. The van der Waals surface area contributed by atoms with Crippen molar-refractivity contribution in [2.24, 2.45) is 0 Å². The van der Waals surface area contributed by atoms with Gasteiger partial charge < -0.3 is 9.84 Å². The number of benzene rings is 2. The van der Waals surface area contributed by atoms with Gasteiger partial charge in [0.05, 0.1) is 12.2 Å². The molecule has 1 aliphatic rings. The van der Waals surface area contributed by atoms with Crippen LogP contribution in [0.2, 0.25) is 0 Å². The molecule has 0 saturated heterocycles. The summed E-state index contributed by atoms with van der Waals surface area (Å²) in [5.41, 5.74) is 3.95. The van der Waals surface area contributed by atoms with Gasteiger partial charge in [-0.05, 0) is 37.1 Å². The van der Waals surface area contributed by atoms with Crippen molar-refractivity contribution in [1.29, 1.82) is 0 Å². The van der Waals surface area contributed by atoms with Crippen molar-refractivity contribution < 1.29 is 14.6 Å². The van der Waals surface area contributed by atoms with Gasteiger partial charge in [0.2, 0.25) is 0 Å². The molecule has 1 atom stereocenters. The van der Waals surface area contributed by atoms with Gasteiger partial charge in [0.15, 0.2) is 6.10 Å². The standard InChI is InChI=1S/C20H19NO3/c1-4-9-21-17-8-7-16(22)12-18(17)24-19(20(21)23)11-15-6-5-13(2)10-14(15)3/h1,5-8,10,12,19,22H,9,11H2,2-3H3. The third-order valence-electron chi connectivity index (χ3n) is 4.20. The number of hydrogen-bond acceptors (Lipinski definition) is 3. The van der Waals surface area contributed by atoms with Gasteiger partial charge in [0.25, 0.3) is 5.91 Å². The molecule has 0 aliphatic carbocycles. The molecule has 0 aromatic heterocycles. The van der Waals surface area contributed by atoms with Crippen molar-refractivity contribution in [3.63, 3.8) is 0 Å². The summed E-state index contributed by atoms with van der Waals surface area (Å²) >= 11 is 0. The number of phenols is 1. The average Bonchev–Trinajstić information content (AvgIpc) is 2.53. The number of ether oxygens (including phenoxy) is 1. The molecule has 1 N–H and O–H groups in total. The third-order valence-corrected chi connectivity index (χ3v) is 4.20. The van der Waals surface area contributed by atoms with Crippen LogP contribution in [0.3, 0.4) is 0 Å². The summed E-state index contributed by atoms with van der Waals surface area (Å²) in [5.74, 6) is 2.92. The first kappa shape index (κ1) is 15.9. The molecule has 2 aromatic carbocycles. The summed E-state index contributed by atoms with van der Waals surface area (Å²) in [6.45, 7) is 4.23. The van der Waals surface area contributed by atoms with Gasteiger partial charge in [-0.2, -0.15) is 0 Å². The topological polar surface area (TPSA) is 49.8 Å². The zero-order valence-corrected chi connectivity index (χ0v) is 13.7. The van der Waals surface area contributed by atoms with Crippen LogP contribution in [0.1, 0.15) is 16.7 Å². The van der Waals surface area contributed by atoms with Crippen LogP contribution in [0.15, 0.2) is 36.4 Å². The normalized spacial score (nSPS) is 16.3. The fourth-order valence-electron chi connectivity index (χ4n) is 2.97. The van der Waals surface area contributed by atoms with Gasteiger partial charge in [-0.3, -0.25) is 9.69 Å². The highest BCUT2D eigenvalue weighted by molar-refractivity contribution is 6.00. The minimum Gasteiger partial charge on any atom is -0.508 e. The Bertz CT molecular complexity index is 835. The molecule has 3 rings (SSSR count). The average molecular weight is 321 g/mol. The minimum absolute atomic E-state index is 0.0917. The molecule has 0 saturated carbocycles. The maximum Gasteiger partial charge on any atom is 0.269 e. The van der Waals surface area contributed by atoms with E-state index in [1.54, 1.807) is 6.07 Å². The van der Waals surface area contributed by atoms with Gasteiger partial charge in [-0.1, -0.05) is 29.7 Å². The first-order valence-corrected chi connectivity index (χ1v) is 7.80.